The zero-order chi connectivity index (χ0) is 18.6. The van der Waals surface area contributed by atoms with E-state index in [4.69, 9.17) is 0 Å². The van der Waals surface area contributed by atoms with E-state index in [9.17, 15) is 4.79 Å². The molecule has 0 saturated carbocycles. The van der Waals surface area contributed by atoms with E-state index in [1.807, 2.05) is 18.2 Å². The van der Waals surface area contributed by atoms with Gasteiger partial charge in [0.25, 0.3) is 5.91 Å². The number of nitrogens with one attached hydrogen (secondary N) is 2. The fourth-order valence-corrected chi connectivity index (χ4v) is 2.63. The summed E-state index contributed by atoms with van der Waals surface area (Å²) in [6, 6.07) is 15.3. The van der Waals surface area contributed by atoms with Gasteiger partial charge in [-0.15, -0.1) is 0 Å². The highest BCUT2D eigenvalue weighted by Gasteiger charge is 2.17. The molecule has 26 heavy (non-hydrogen) atoms. The van der Waals surface area contributed by atoms with Crippen molar-refractivity contribution in [1.29, 1.82) is 0 Å². The van der Waals surface area contributed by atoms with E-state index in [1.165, 1.54) is 11.8 Å². The number of hydrogen-bond acceptors (Lipinski definition) is 4. The van der Waals surface area contributed by atoms with Gasteiger partial charge in [-0.2, -0.15) is 0 Å². The first-order valence-corrected chi connectivity index (χ1v) is 8.47. The highest BCUT2D eigenvalue weighted by Crippen LogP contribution is 2.31. The second-order valence-electron chi connectivity index (χ2n) is 7.05. The first kappa shape index (κ1) is 17.6. The van der Waals surface area contributed by atoms with Crippen molar-refractivity contribution in [3.8, 4) is 0 Å². The monoisotopic (exact) mass is 346 g/mol. The average Bonchev–Trinajstić information content (AvgIpc) is 2.63. The highest BCUT2D eigenvalue weighted by atomic mass is 16.1. The molecule has 2 aromatic heterocycles. The predicted octanol–water partition coefficient (Wildman–Crippen LogP) is 4.77. The molecule has 0 atom stereocenters. The van der Waals surface area contributed by atoms with E-state index in [-0.39, 0.29) is 11.3 Å². The van der Waals surface area contributed by atoms with Crippen molar-refractivity contribution < 1.29 is 4.79 Å². The highest BCUT2D eigenvalue weighted by molar-refractivity contribution is 6.03. The average molecular weight is 346 g/mol. The van der Waals surface area contributed by atoms with Crippen LogP contribution in [0.3, 0.4) is 0 Å². The molecule has 0 saturated heterocycles. The summed E-state index contributed by atoms with van der Waals surface area (Å²) in [7, 11) is 0. The number of carbonyl (C=O) groups is 1. The number of amides is 1. The minimum Gasteiger partial charge on any atom is -0.354 e. The lowest BCUT2D eigenvalue weighted by molar-refractivity contribution is 0.102. The van der Waals surface area contributed by atoms with E-state index in [0.717, 1.165) is 11.4 Å². The van der Waals surface area contributed by atoms with Gasteiger partial charge in [0.15, 0.2) is 0 Å². The van der Waals surface area contributed by atoms with Crippen LogP contribution in [-0.4, -0.2) is 15.9 Å². The molecule has 132 valence electrons. The van der Waals surface area contributed by atoms with Gasteiger partial charge < -0.3 is 10.6 Å². The van der Waals surface area contributed by atoms with E-state index >= 15 is 0 Å². The molecular weight excluding hydrogens is 324 g/mol. The molecule has 0 spiro atoms. The lowest BCUT2D eigenvalue weighted by atomic mass is 9.86. The van der Waals surface area contributed by atoms with Gasteiger partial charge in [0.2, 0.25) is 0 Å². The topological polar surface area (TPSA) is 66.9 Å². The van der Waals surface area contributed by atoms with E-state index < -0.39 is 0 Å². The number of benzene rings is 1. The molecule has 5 nitrogen and oxygen atoms in total. The first-order chi connectivity index (χ1) is 12.4. The van der Waals surface area contributed by atoms with Crippen LogP contribution in [0.2, 0.25) is 0 Å². The third kappa shape index (κ3) is 4.25. The largest absolute Gasteiger partial charge is 0.354 e. The van der Waals surface area contributed by atoms with Gasteiger partial charge in [0.05, 0.1) is 17.4 Å². The Hall–Kier alpha value is -3.21. The Morgan fingerprint density at radius 2 is 1.77 bits per heavy atom. The minimum absolute atomic E-state index is 0.0364. The zero-order valence-electron chi connectivity index (χ0n) is 15.2. The smallest absolute Gasteiger partial charge is 0.258 e. The number of para-hydroxylation sites is 1. The summed E-state index contributed by atoms with van der Waals surface area (Å²) in [6.07, 6.45) is 4.86. The van der Waals surface area contributed by atoms with Gasteiger partial charge in [-0.25, -0.2) is 4.98 Å². The molecule has 3 aromatic rings. The molecule has 0 bridgehead atoms. The lowest BCUT2D eigenvalue weighted by Gasteiger charge is -2.23. The molecule has 0 unspecified atom stereocenters. The molecule has 1 amide bonds. The maximum absolute atomic E-state index is 12.1. The summed E-state index contributed by atoms with van der Waals surface area (Å²) in [5, 5.41) is 6.17. The Balaban J connectivity index is 1.72. The Labute approximate surface area is 153 Å². The van der Waals surface area contributed by atoms with Crippen molar-refractivity contribution in [3.05, 3.63) is 78.2 Å². The van der Waals surface area contributed by atoms with Crippen LogP contribution in [0, 0.1) is 0 Å². The Morgan fingerprint density at radius 3 is 2.42 bits per heavy atom. The summed E-state index contributed by atoms with van der Waals surface area (Å²) in [4.78, 5) is 20.4. The molecular formula is C21H22N4O. The van der Waals surface area contributed by atoms with Crippen LogP contribution >= 0.6 is 0 Å². The molecule has 0 aliphatic rings. The Bertz CT molecular complexity index is 884. The van der Waals surface area contributed by atoms with Gasteiger partial charge in [-0.3, -0.25) is 9.78 Å². The number of rotatable bonds is 4. The van der Waals surface area contributed by atoms with E-state index in [0.29, 0.717) is 11.4 Å². The van der Waals surface area contributed by atoms with Crippen molar-refractivity contribution >= 4 is 23.1 Å². The summed E-state index contributed by atoms with van der Waals surface area (Å²) < 4.78 is 0. The van der Waals surface area contributed by atoms with Crippen LogP contribution in [0.15, 0.2) is 67.1 Å². The maximum Gasteiger partial charge on any atom is 0.258 e. The van der Waals surface area contributed by atoms with Crippen LogP contribution in [0.25, 0.3) is 0 Å². The second-order valence-corrected chi connectivity index (χ2v) is 7.05. The molecule has 5 heteroatoms. The van der Waals surface area contributed by atoms with Crippen molar-refractivity contribution in [3.63, 3.8) is 0 Å². The van der Waals surface area contributed by atoms with Gasteiger partial charge in [0, 0.05) is 18.1 Å². The molecule has 0 fully saturated rings. The van der Waals surface area contributed by atoms with E-state index in [1.54, 1.807) is 30.6 Å². The summed E-state index contributed by atoms with van der Waals surface area (Å²) in [6.45, 7) is 6.55. The van der Waals surface area contributed by atoms with Gasteiger partial charge in [0.1, 0.15) is 5.82 Å². The van der Waals surface area contributed by atoms with Crippen molar-refractivity contribution in [2.45, 2.75) is 26.2 Å². The first-order valence-electron chi connectivity index (χ1n) is 8.47. The van der Waals surface area contributed by atoms with Gasteiger partial charge in [-0.05, 0) is 41.3 Å². The molecule has 0 aliphatic heterocycles. The summed E-state index contributed by atoms with van der Waals surface area (Å²) in [5.41, 5.74) is 3.67. The normalized spacial score (nSPS) is 11.0. The third-order valence-electron chi connectivity index (χ3n) is 3.94. The fraction of sp³-hybridized carbons (Fsp3) is 0.190. The van der Waals surface area contributed by atoms with Crippen LogP contribution in [0.1, 0.15) is 36.7 Å². The molecule has 2 N–H and O–H groups in total. The number of carbonyl (C=O) groups excluding carboxylic acids is 1. The second kappa shape index (κ2) is 7.35. The molecule has 1 aromatic carbocycles. The lowest BCUT2D eigenvalue weighted by Crippen LogP contribution is -2.14. The maximum atomic E-state index is 12.1. The number of aromatic nitrogens is 2. The molecule has 0 radical (unpaired) electrons. The SMILES string of the molecule is CC(C)(C)c1ccccc1Nc1ccc(NC(=O)c2cccnc2)nc1. The quantitative estimate of drug-likeness (QED) is 0.714. The minimum atomic E-state index is -0.232. The number of pyridine rings is 2. The van der Waals surface area contributed by atoms with E-state index in [2.05, 4.69) is 53.5 Å². The number of hydrogen-bond donors (Lipinski definition) is 2. The summed E-state index contributed by atoms with van der Waals surface area (Å²) in [5.74, 6) is 0.262. The fourth-order valence-electron chi connectivity index (χ4n) is 2.63. The molecule has 2 heterocycles. The third-order valence-corrected chi connectivity index (χ3v) is 3.94. The molecule has 3 rings (SSSR count). The van der Waals surface area contributed by atoms with Gasteiger partial charge >= 0.3 is 0 Å². The Kier molecular flexibility index (Phi) is 4.98. The van der Waals surface area contributed by atoms with Crippen LogP contribution < -0.4 is 10.6 Å². The standard InChI is InChI=1S/C21H22N4O/c1-21(2,3)17-8-4-5-9-18(17)24-16-10-11-19(23-14-16)25-20(26)15-7-6-12-22-13-15/h4-14,24H,1-3H3,(H,23,25,26). The molecule has 0 aliphatic carbocycles. The number of nitrogens with zero attached hydrogens (tertiary/aromatic N) is 2. The van der Waals surface area contributed by atoms with Crippen LogP contribution in [-0.2, 0) is 5.41 Å². The van der Waals surface area contributed by atoms with Gasteiger partial charge in [-0.1, -0.05) is 39.0 Å². The van der Waals surface area contributed by atoms with Crippen molar-refractivity contribution in [1.82, 2.24) is 9.97 Å². The van der Waals surface area contributed by atoms with Crippen molar-refractivity contribution in [2.75, 3.05) is 10.6 Å². The number of anilines is 3. The van der Waals surface area contributed by atoms with Crippen LogP contribution in [0.4, 0.5) is 17.2 Å². The Morgan fingerprint density at radius 1 is 0.962 bits per heavy atom. The van der Waals surface area contributed by atoms with Crippen LogP contribution in [0.5, 0.6) is 0 Å². The predicted molar refractivity (Wildman–Crippen MR) is 105 cm³/mol. The van der Waals surface area contributed by atoms with Crippen molar-refractivity contribution in [2.24, 2.45) is 0 Å². The zero-order valence-corrected chi connectivity index (χ0v) is 15.2. The summed E-state index contributed by atoms with van der Waals surface area (Å²) >= 11 is 0.